The maximum absolute atomic E-state index is 12.7. The normalized spacial score (nSPS) is 12.7. The molecule has 1 heterocycles. The van der Waals surface area contributed by atoms with Gasteiger partial charge in [0.1, 0.15) is 6.54 Å². The Kier molecular flexibility index (Phi) is 6.79. The largest absolute Gasteiger partial charge is 0.370 e. The van der Waals surface area contributed by atoms with Crippen LogP contribution in [0.25, 0.3) is 0 Å². The van der Waals surface area contributed by atoms with Crippen LogP contribution in [0.1, 0.15) is 19.3 Å². The van der Waals surface area contributed by atoms with Crippen molar-refractivity contribution in [2.24, 2.45) is 16.5 Å². The number of aryl methyl sites for hydroxylation is 1. The maximum atomic E-state index is 12.7. The first-order chi connectivity index (χ1) is 10.7. The molecule has 0 aliphatic rings. The summed E-state index contributed by atoms with van der Waals surface area (Å²) in [4.78, 5) is 13.7. The quantitative estimate of drug-likeness (QED) is 0.271. The van der Waals surface area contributed by atoms with E-state index in [4.69, 9.17) is 11.5 Å². The van der Waals surface area contributed by atoms with Gasteiger partial charge in [0.25, 0.3) is 0 Å². The highest BCUT2D eigenvalue weighted by molar-refractivity contribution is 5.91. The Balaban J connectivity index is 2.44. The summed E-state index contributed by atoms with van der Waals surface area (Å²) in [7, 11) is 0. The van der Waals surface area contributed by atoms with Crippen molar-refractivity contribution < 1.29 is 22.4 Å². The van der Waals surface area contributed by atoms with Crippen molar-refractivity contribution >= 4 is 17.7 Å². The minimum atomic E-state index is -4.23. The Labute approximate surface area is 129 Å². The zero-order valence-corrected chi connectivity index (χ0v) is 12.2. The number of alkyl halides is 4. The molecule has 0 aliphatic heterocycles. The lowest BCUT2D eigenvalue weighted by atomic mass is 10.2. The fraction of sp³-hybridized carbons (Fsp3) is 0.583. The van der Waals surface area contributed by atoms with E-state index < -0.39 is 24.9 Å². The SMILES string of the molecule is NC(=O)CCCCn1ccc(NC(N)=NCC(F)(F)C(F)F)n1. The number of unbranched alkanes of at least 4 members (excludes halogenated alkanes) is 1. The van der Waals surface area contributed by atoms with Gasteiger partial charge < -0.3 is 16.8 Å². The molecule has 0 aromatic carbocycles. The van der Waals surface area contributed by atoms with Crippen LogP contribution in [0, 0.1) is 0 Å². The zero-order valence-electron chi connectivity index (χ0n) is 12.2. The van der Waals surface area contributed by atoms with Crippen LogP contribution in [-0.2, 0) is 11.3 Å². The number of nitrogens with zero attached hydrogens (tertiary/aromatic N) is 3. The smallest absolute Gasteiger partial charge is 0.326 e. The Morgan fingerprint density at radius 1 is 1.39 bits per heavy atom. The second kappa shape index (κ2) is 8.34. The van der Waals surface area contributed by atoms with Crippen LogP contribution in [0.3, 0.4) is 0 Å². The molecule has 7 nitrogen and oxygen atoms in total. The molecule has 5 N–H and O–H groups in total. The molecule has 0 unspecified atom stereocenters. The van der Waals surface area contributed by atoms with E-state index in [-0.39, 0.29) is 18.1 Å². The molecule has 11 heteroatoms. The molecule has 1 aromatic rings. The summed E-state index contributed by atoms with van der Waals surface area (Å²) >= 11 is 0. The van der Waals surface area contributed by atoms with Gasteiger partial charge in [0, 0.05) is 25.2 Å². The third kappa shape index (κ3) is 6.98. The van der Waals surface area contributed by atoms with E-state index in [0.29, 0.717) is 19.4 Å². The van der Waals surface area contributed by atoms with Gasteiger partial charge in [-0.3, -0.25) is 9.48 Å². The number of carbonyl (C=O) groups is 1. The molecule has 130 valence electrons. The lowest BCUT2D eigenvalue weighted by Gasteiger charge is -2.12. The number of aliphatic imine (C=N–C) groups is 1. The molecule has 1 rings (SSSR count). The molecule has 0 aliphatic carbocycles. The van der Waals surface area contributed by atoms with E-state index in [2.05, 4.69) is 15.4 Å². The highest BCUT2D eigenvalue weighted by atomic mass is 19.3. The Morgan fingerprint density at radius 3 is 2.70 bits per heavy atom. The Morgan fingerprint density at radius 2 is 2.09 bits per heavy atom. The van der Waals surface area contributed by atoms with E-state index in [1.807, 2.05) is 0 Å². The minimum absolute atomic E-state index is 0.238. The molecular weight excluding hydrogens is 320 g/mol. The van der Waals surface area contributed by atoms with E-state index >= 15 is 0 Å². The van der Waals surface area contributed by atoms with Gasteiger partial charge in [-0.25, -0.2) is 13.8 Å². The Hall–Kier alpha value is -2.33. The first-order valence-corrected chi connectivity index (χ1v) is 6.75. The summed E-state index contributed by atoms with van der Waals surface area (Å²) < 4.78 is 50.8. The van der Waals surface area contributed by atoms with Crippen molar-refractivity contribution in [1.82, 2.24) is 9.78 Å². The first-order valence-electron chi connectivity index (χ1n) is 6.75. The fourth-order valence-corrected chi connectivity index (χ4v) is 1.56. The number of primary amides is 1. The van der Waals surface area contributed by atoms with Crippen molar-refractivity contribution in [3.8, 4) is 0 Å². The van der Waals surface area contributed by atoms with Gasteiger partial charge in [-0.2, -0.15) is 13.9 Å². The van der Waals surface area contributed by atoms with Gasteiger partial charge in [0.15, 0.2) is 11.8 Å². The lowest BCUT2D eigenvalue weighted by molar-refractivity contribution is -0.119. The van der Waals surface area contributed by atoms with Crippen LogP contribution in [-0.4, -0.2) is 40.5 Å². The monoisotopic (exact) mass is 338 g/mol. The molecular formula is C12H18F4N6O. The average molecular weight is 338 g/mol. The van der Waals surface area contributed by atoms with Crippen molar-refractivity contribution in [3.05, 3.63) is 12.3 Å². The molecule has 0 radical (unpaired) electrons. The second-order valence-corrected chi connectivity index (χ2v) is 4.78. The van der Waals surface area contributed by atoms with Crippen LogP contribution in [0.15, 0.2) is 17.3 Å². The van der Waals surface area contributed by atoms with Crippen LogP contribution < -0.4 is 16.8 Å². The van der Waals surface area contributed by atoms with Crippen LogP contribution >= 0.6 is 0 Å². The molecule has 0 atom stereocenters. The van der Waals surface area contributed by atoms with Gasteiger partial charge >= 0.3 is 12.3 Å². The number of rotatable bonds is 9. The number of aromatic nitrogens is 2. The number of halogens is 4. The molecule has 1 amide bonds. The standard InChI is InChI=1S/C12H18F4N6O/c13-10(14)12(15,16)7-19-11(18)20-9-4-6-22(21-9)5-2-1-3-8(17)23/h4,6,10H,1-3,5,7H2,(H2,17,23)(H3,18,19,20,21). The fourth-order valence-electron chi connectivity index (χ4n) is 1.56. The summed E-state index contributed by atoms with van der Waals surface area (Å²) in [5.41, 5.74) is 10.3. The van der Waals surface area contributed by atoms with E-state index in [0.717, 1.165) is 0 Å². The van der Waals surface area contributed by atoms with Gasteiger partial charge in [-0.05, 0) is 12.8 Å². The van der Waals surface area contributed by atoms with Crippen molar-refractivity contribution in [3.63, 3.8) is 0 Å². The van der Waals surface area contributed by atoms with Gasteiger partial charge in [0.05, 0.1) is 0 Å². The number of anilines is 1. The van der Waals surface area contributed by atoms with Crippen LogP contribution in [0.2, 0.25) is 0 Å². The number of nitrogens with one attached hydrogen (secondary N) is 1. The predicted molar refractivity (Wildman–Crippen MR) is 76.3 cm³/mol. The number of amides is 1. The van der Waals surface area contributed by atoms with E-state index in [1.54, 1.807) is 10.9 Å². The topological polar surface area (TPSA) is 111 Å². The summed E-state index contributed by atoms with van der Waals surface area (Å²) in [6.45, 7) is -0.896. The predicted octanol–water partition coefficient (Wildman–Crippen LogP) is 1.17. The lowest BCUT2D eigenvalue weighted by Crippen LogP contribution is -2.32. The molecule has 0 saturated carbocycles. The number of carbonyl (C=O) groups excluding carboxylic acids is 1. The maximum Gasteiger partial charge on any atom is 0.326 e. The first kappa shape index (κ1) is 18.7. The van der Waals surface area contributed by atoms with Crippen molar-refractivity contribution in [2.45, 2.75) is 38.2 Å². The third-order valence-corrected chi connectivity index (χ3v) is 2.74. The molecule has 0 fully saturated rings. The summed E-state index contributed by atoms with van der Waals surface area (Å²) in [5.74, 6) is -4.81. The number of hydrogen-bond donors (Lipinski definition) is 3. The van der Waals surface area contributed by atoms with Crippen LogP contribution in [0.4, 0.5) is 23.4 Å². The highest BCUT2D eigenvalue weighted by Crippen LogP contribution is 2.22. The molecule has 0 bridgehead atoms. The summed E-state index contributed by atoms with van der Waals surface area (Å²) in [6.07, 6.45) is -0.630. The molecule has 0 spiro atoms. The second-order valence-electron chi connectivity index (χ2n) is 4.78. The minimum Gasteiger partial charge on any atom is -0.370 e. The van der Waals surface area contributed by atoms with Gasteiger partial charge in [-0.15, -0.1) is 0 Å². The molecule has 23 heavy (non-hydrogen) atoms. The van der Waals surface area contributed by atoms with Crippen molar-refractivity contribution in [1.29, 1.82) is 0 Å². The zero-order chi connectivity index (χ0) is 17.5. The number of guanidine groups is 1. The number of hydrogen-bond acceptors (Lipinski definition) is 3. The van der Waals surface area contributed by atoms with Gasteiger partial charge in [-0.1, -0.05) is 0 Å². The molecule has 0 saturated heterocycles. The highest BCUT2D eigenvalue weighted by Gasteiger charge is 2.40. The summed E-state index contributed by atoms with van der Waals surface area (Å²) in [6, 6.07) is 1.52. The third-order valence-electron chi connectivity index (χ3n) is 2.74. The molecule has 1 aromatic heterocycles. The summed E-state index contributed by atoms with van der Waals surface area (Å²) in [5, 5.41) is 6.47. The van der Waals surface area contributed by atoms with Crippen molar-refractivity contribution in [2.75, 3.05) is 11.9 Å². The average Bonchev–Trinajstić information content (AvgIpc) is 2.88. The van der Waals surface area contributed by atoms with E-state index in [1.165, 1.54) is 6.07 Å². The Bertz CT molecular complexity index is 545. The number of nitrogens with two attached hydrogens (primary N) is 2. The van der Waals surface area contributed by atoms with Crippen LogP contribution in [0.5, 0.6) is 0 Å². The van der Waals surface area contributed by atoms with Gasteiger partial charge in [0.2, 0.25) is 5.91 Å². The van der Waals surface area contributed by atoms with E-state index in [9.17, 15) is 22.4 Å².